The molecule has 8 heteroatoms. The van der Waals surface area contributed by atoms with Crippen molar-refractivity contribution < 1.29 is 12.9 Å². The van der Waals surface area contributed by atoms with Gasteiger partial charge in [0.2, 0.25) is 15.9 Å². The van der Waals surface area contributed by atoms with E-state index in [0.29, 0.717) is 31.2 Å². The number of hydrogen-bond donors (Lipinski definition) is 0. The minimum atomic E-state index is -3.48. The molecule has 2 heterocycles. The fraction of sp³-hybridized carbons (Fsp3) is 0.222. The van der Waals surface area contributed by atoms with Crippen molar-refractivity contribution in [3.63, 3.8) is 0 Å². The Labute approximate surface area is 160 Å². The van der Waals surface area contributed by atoms with Gasteiger partial charge in [-0.15, -0.1) is 0 Å². The molecule has 3 aromatic rings. The van der Waals surface area contributed by atoms with Gasteiger partial charge in [-0.3, -0.25) is 0 Å². The zero-order chi connectivity index (χ0) is 18.1. The van der Waals surface area contributed by atoms with Crippen LogP contribution in [0.4, 0.5) is 0 Å². The number of sulfonamides is 1. The van der Waals surface area contributed by atoms with E-state index in [1.807, 2.05) is 30.3 Å². The summed E-state index contributed by atoms with van der Waals surface area (Å²) < 4.78 is 32.8. The summed E-state index contributed by atoms with van der Waals surface area (Å²) in [5.41, 5.74) is 1.10. The maximum Gasteiger partial charge on any atom is 0.243 e. The highest BCUT2D eigenvalue weighted by Crippen LogP contribution is 2.31. The van der Waals surface area contributed by atoms with Crippen LogP contribution < -0.4 is 0 Å². The Morgan fingerprint density at radius 2 is 1.77 bits per heavy atom. The Morgan fingerprint density at radius 3 is 2.46 bits per heavy atom. The number of nitrogens with zero attached hydrogens (tertiary/aromatic N) is 3. The summed E-state index contributed by atoms with van der Waals surface area (Å²) in [5, 5.41) is 4.01. The number of benzene rings is 2. The van der Waals surface area contributed by atoms with Crippen molar-refractivity contribution in [1.29, 1.82) is 0 Å². The molecular weight excluding hydrogens is 418 g/mol. The molecule has 0 radical (unpaired) electrons. The molecule has 0 amide bonds. The Bertz CT molecular complexity index is 998. The van der Waals surface area contributed by atoms with Gasteiger partial charge in [0.1, 0.15) is 0 Å². The molecule has 1 aromatic heterocycles. The van der Waals surface area contributed by atoms with Crippen LogP contribution in [0.1, 0.15) is 23.2 Å². The highest BCUT2D eigenvalue weighted by atomic mass is 79.9. The van der Waals surface area contributed by atoms with Crippen LogP contribution in [-0.4, -0.2) is 36.0 Å². The van der Waals surface area contributed by atoms with Crippen molar-refractivity contribution in [1.82, 2.24) is 14.4 Å². The predicted octanol–water partition coefficient (Wildman–Crippen LogP) is 3.21. The van der Waals surface area contributed by atoms with Crippen LogP contribution in [0.5, 0.6) is 0 Å². The van der Waals surface area contributed by atoms with Crippen molar-refractivity contribution >= 4 is 26.0 Å². The Balaban J connectivity index is 1.41. The normalized spacial score (nSPS) is 15.7. The molecular formula is C18H16BrN3O3S. The van der Waals surface area contributed by atoms with Gasteiger partial charge >= 0.3 is 0 Å². The molecule has 6 nitrogen and oxygen atoms in total. The monoisotopic (exact) mass is 433 g/mol. The fourth-order valence-corrected chi connectivity index (χ4v) is 4.62. The van der Waals surface area contributed by atoms with E-state index in [9.17, 15) is 8.42 Å². The van der Waals surface area contributed by atoms with Crippen LogP contribution >= 0.6 is 15.9 Å². The SMILES string of the molecule is O=S(=O)(c1ccc(Br)cc1)N1CC(c2nc(Cc3ccccc3)no2)C1. The van der Waals surface area contributed by atoms with E-state index >= 15 is 0 Å². The third-order valence-corrected chi connectivity index (χ3v) is 6.71. The molecule has 1 aliphatic heterocycles. The van der Waals surface area contributed by atoms with Crippen molar-refractivity contribution in [3.8, 4) is 0 Å². The molecule has 134 valence electrons. The average molecular weight is 434 g/mol. The largest absolute Gasteiger partial charge is 0.339 e. The van der Waals surface area contributed by atoms with Crippen LogP contribution in [0, 0.1) is 0 Å². The summed E-state index contributed by atoms with van der Waals surface area (Å²) >= 11 is 3.31. The van der Waals surface area contributed by atoms with Crippen LogP contribution in [0.25, 0.3) is 0 Å². The van der Waals surface area contributed by atoms with E-state index in [2.05, 4.69) is 26.1 Å². The van der Waals surface area contributed by atoms with Gasteiger partial charge in [0.05, 0.1) is 10.8 Å². The van der Waals surface area contributed by atoms with Crippen LogP contribution in [0.3, 0.4) is 0 Å². The first-order chi connectivity index (χ1) is 12.5. The topological polar surface area (TPSA) is 76.3 Å². The lowest BCUT2D eigenvalue weighted by atomic mass is 10.0. The van der Waals surface area contributed by atoms with Gasteiger partial charge < -0.3 is 4.52 Å². The van der Waals surface area contributed by atoms with E-state index in [4.69, 9.17) is 4.52 Å². The summed E-state index contributed by atoms with van der Waals surface area (Å²) in [6.07, 6.45) is 0.595. The minimum absolute atomic E-state index is 0.0581. The third-order valence-electron chi connectivity index (χ3n) is 4.34. The van der Waals surface area contributed by atoms with Crippen molar-refractivity contribution in [2.45, 2.75) is 17.2 Å². The zero-order valence-corrected chi connectivity index (χ0v) is 16.1. The highest BCUT2D eigenvalue weighted by molar-refractivity contribution is 9.10. The standard InChI is InChI=1S/C18H16BrN3O3S/c19-15-6-8-16(9-7-15)26(23,24)22-11-14(12-22)18-20-17(21-25-18)10-13-4-2-1-3-5-13/h1-9,14H,10-12H2. The minimum Gasteiger partial charge on any atom is -0.339 e. The molecule has 0 saturated carbocycles. The molecule has 0 unspecified atom stereocenters. The first kappa shape index (κ1) is 17.4. The molecule has 1 fully saturated rings. The summed E-state index contributed by atoms with van der Waals surface area (Å²) in [6.45, 7) is 0.705. The zero-order valence-electron chi connectivity index (χ0n) is 13.7. The first-order valence-electron chi connectivity index (χ1n) is 8.14. The quantitative estimate of drug-likeness (QED) is 0.617. The van der Waals surface area contributed by atoms with E-state index in [-0.39, 0.29) is 10.8 Å². The average Bonchev–Trinajstić information content (AvgIpc) is 3.02. The molecule has 0 bridgehead atoms. The van der Waals surface area contributed by atoms with E-state index in [1.54, 1.807) is 24.3 Å². The molecule has 0 aliphatic carbocycles. The summed E-state index contributed by atoms with van der Waals surface area (Å²) in [5.74, 6) is 1.05. The smallest absolute Gasteiger partial charge is 0.243 e. The fourth-order valence-electron chi connectivity index (χ4n) is 2.83. The summed E-state index contributed by atoms with van der Waals surface area (Å²) in [7, 11) is -3.48. The van der Waals surface area contributed by atoms with Gasteiger partial charge in [-0.25, -0.2) is 8.42 Å². The second-order valence-corrected chi connectivity index (χ2v) is 9.04. The number of aromatic nitrogens is 2. The van der Waals surface area contributed by atoms with E-state index in [0.717, 1.165) is 10.0 Å². The molecule has 0 N–H and O–H groups in total. The van der Waals surface area contributed by atoms with Gasteiger partial charge in [-0.1, -0.05) is 51.4 Å². The second kappa shape index (κ2) is 6.94. The Hall–Kier alpha value is -2.03. The van der Waals surface area contributed by atoms with E-state index in [1.165, 1.54) is 4.31 Å². The molecule has 4 rings (SSSR count). The van der Waals surface area contributed by atoms with Crippen LogP contribution in [0.2, 0.25) is 0 Å². The lowest BCUT2D eigenvalue weighted by Crippen LogP contribution is -2.48. The van der Waals surface area contributed by atoms with Gasteiger partial charge in [-0.2, -0.15) is 9.29 Å². The molecule has 0 atom stereocenters. The van der Waals surface area contributed by atoms with Crippen molar-refractivity contribution in [2.75, 3.05) is 13.1 Å². The second-order valence-electron chi connectivity index (χ2n) is 6.18. The van der Waals surface area contributed by atoms with E-state index < -0.39 is 10.0 Å². The van der Waals surface area contributed by atoms with Crippen LogP contribution in [-0.2, 0) is 16.4 Å². The van der Waals surface area contributed by atoms with Gasteiger partial charge in [0, 0.05) is 24.0 Å². The maximum absolute atomic E-state index is 12.6. The Kier molecular flexibility index (Phi) is 4.64. The number of hydrogen-bond acceptors (Lipinski definition) is 5. The third kappa shape index (κ3) is 3.44. The lowest BCUT2D eigenvalue weighted by Gasteiger charge is -2.35. The molecule has 1 saturated heterocycles. The van der Waals surface area contributed by atoms with Gasteiger partial charge in [-0.05, 0) is 29.8 Å². The summed E-state index contributed by atoms with van der Waals surface area (Å²) in [6, 6.07) is 16.5. The Morgan fingerprint density at radius 1 is 1.08 bits per heavy atom. The highest BCUT2D eigenvalue weighted by Gasteiger charge is 2.40. The van der Waals surface area contributed by atoms with Crippen LogP contribution in [0.15, 0.2) is 68.5 Å². The maximum atomic E-state index is 12.6. The molecule has 1 aliphatic rings. The predicted molar refractivity (Wildman–Crippen MR) is 99.2 cm³/mol. The van der Waals surface area contributed by atoms with Crippen molar-refractivity contribution in [3.05, 3.63) is 76.3 Å². The van der Waals surface area contributed by atoms with Crippen molar-refractivity contribution in [2.24, 2.45) is 0 Å². The summed E-state index contributed by atoms with van der Waals surface area (Å²) in [4.78, 5) is 4.71. The molecule has 0 spiro atoms. The first-order valence-corrected chi connectivity index (χ1v) is 10.4. The molecule has 26 heavy (non-hydrogen) atoms. The molecule has 2 aromatic carbocycles. The van der Waals surface area contributed by atoms with Gasteiger partial charge in [0.25, 0.3) is 0 Å². The van der Waals surface area contributed by atoms with Gasteiger partial charge in [0.15, 0.2) is 5.82 Å². The number of halogens is 1. The number of rotatable bonds is 5. The lowest BCUT2D eigenvalue weighted by molar-refractivity contribution is 0.216.